The highest BCUT2D eigenvalue weighted by atomic mass is 79.9. The maximum absolute atomic E-state index is 13.4. The first-order valence-corrected chi connectivity index (χ1v) is 8.97. The van der Waals surface area contributed by atoms with E-state index in [4.69, 9.17) is 10.5 Å². The van der Waals surface area contributed by atoms with Crippen LogP contribution in [0.3, 0.4) is 0 Å². The topological polar surface area (TPSA) is 76.9 Å². The van der Waals surface area contributed by atoms with E-state index in [-0.39, 0.29) is 11.4 Å². The van der Waals surface area contributed by atoms with Crippen molar-refractivity contribution in [2.75, 3.05) is 0 Å². The number of aryl methyl sites for hydroxylation is 1. The number of rotatable bonds is 2. The van der Waals surface area contributed by atoms with Gasteiger partial charge in [0.2, 0.25) is 5.88 Å². The minimum absolute atomic E-state index is 0.285. The van der Waals surface area contributed by atoms with Crippen molar-refractivity contribution in [2.45, 2.75) is 13.2 Å². The molecule has 7 heteroatoms. The van der Waals surface area contributed by atoms with Gasteiger partial charge in [-0.25, -0.2) is 9.07 Å². The molecule has 5 nitrogen and oxygen atoms in total. The number of ether oxygens (including phenoxy) is 1. The Morgan fingerprint density at radius 3 is 2.48 bits per heavy atom. The average molecular weight is 425 g/mol. The van der Waals surface area contributed by atoms with Crippen LogP contribution in [-0.4, -0.2) is 16.0 Å². The third-order valence-electron chi connectivity index (χ3n) is 4.39. The number of hydrogen-bond acceptors (Lipinski definition) is 4. The summed E-state index contributed by atoms with van der Waals surface area (Å²) in [6.45, 7) is 1.84. The number of benzene rings is 2. The first-order chi connectivity index (χ1) is 13.0. The Morgan fingerprint density at radius 1 is 1.19 bits per heavy atom. The lowest BCUT2D eigenvalue weighted by atomic mass is 9.91. The van der Waals surface area contributed by atoms with Crippen molar-refractivity contribution in [1.29, 1.82) is 5.26 Å². The van der Waals surface area contributed by atoms with Gasteiger partial charge in [0.15, 0.2) is 6.23 Å². The van der Waals surface area contributed by atoms with Crippen LogP contribution < -0.4 is 10.5 Å². The van der Waals surface area contributed by atoms with Crippen molar-refractivity contribution in [2.24, 2.45) is 5.73 Å². The molecule has 1 aromatic heterocycles. The average Bonchev–Trinajstić information content (AvgIpc) is 2.98. The number of aromatic nitrogens is 2. The number of nitrogens with two attached hydrogens (primary N) is 1. The van der Waals surface area contributed by atoms with E-state index in [1.807, 2.05) is 31.2 Å². The lowest BCUT2D eigenvalue weighted by Gasteiger charge is -2.24. The quantitative estimate of drug-likeness (QED) is 0.671. The van der Waals surface area contributed by atoms with Crippen molar-refractivity contribution < 1.29 is 9.13 Å². The van der Waals surface area contributed by atoms with E-state index in [9.17, 15) is 9.65 Å². The summed E-state index contributed by atoms with van der Waals surface area (Å²) >= 11 is 3.42. The van der Waals surface area contributed by atoms with Crippen LogP contribution >= 0.6 is 15.9 Å². The Labute approximate surface area is 163 Å². The molecule has 1 aliphatic heterocycles. The van der Waals surface area contributed by atoms with E-state index in [1.54, 1.807) is 16.8 Å². The van der Waals surface area contributed by atoms with Gasteiger partial charge in [-0.2, -0.15) is 10.4 Å². The minimum Gasteiger partial charge on any atom is -0.453 e. The predicted molar refractivity (Wildman–Crippen MR) is 103 cm³/mol. The van der Waals surface area contributed by atoms with E-state index < -0.39 is 6.23 Å². The van der Waals surface area contributed by atoms with Crippen LogP contribution in [0.15, 0.2) is 58.6 Å². The monoisotopic (exact) mass is 424 g/mol. The Morgan fingerprint density at radius 2 is 1.85 bits per heavy atom. The number of hydrogen-bond donors (Lipinski definition) is 1. The Kier molecular flexibility index (Phi) is 4.30. The molecule has 2 aromatic carbocycles. The molecule has 0 bridgehead atoms. The summed E-state index contributed by atoms with van der Waals surface area (Å²) in [5.74, 6) is 0.109. The SMILES string of the molecule is Cc1nn(-c2ccc(Br)cc2)c2c1C(c1ccc(F)cc1)=C(C#N)C(N)O2. The van der Waals surface area contributed by atoms with Gasteiger partial charge in [0.1, 0.15) is 11.9 Å². The zero-order chi connectivity index (χ0) is 19.1. The summed E-state index contributed by atoms with van der Waals surface area (Å²) in [6.07, 6.45) is -0.937. The van der Waals surface area contributed by atoms with Gasteiger partial charge in [-0.15, -0.1) is 0 Å². The van der Waals surface area contributed by atoms with Gasteiger partial charge < -0.3 is 4.74 Å². The smallest absolute Gasteiger partial charge is 0.226 e. The lowest BCUT2D eigenvalue weighted by molar-refractivity contribution is 0.228. The van der Waals surface area contributed by atoms with E-state index in [1.165, 1.54) is 12.1 Å². The maximum atomic E-state index is 13.4. The second-order valence-corrected chi connectivity index (χ2v) is 7.02. The molecule has 0 amide bonds. The molecule has 0 saturated carbocycles. The second-order valence-electron chi connectivity index (χ2n) is 6.10. The van der Waals surface area contributed by atoms with Crippen LogP contribution in [0.4, 0.5) is 4.39 Å². The fourth-order valence-corrected chi connectivity index (χ4v) is 3.42. The molecule has 27 heavy (non-hydrogen) atoms. The maximum Gasteiger partial charge on any atom is 0.226 e. The highest BCUT2D eigenvalue weighted by Crippen LogP contribution is 2.41. The lowest BCUT2D eigenvalue weighted by Crippen LogP contribution is -2.33. The second kappa shape index (κ2) is 6.65. The predicted octanol–water partition coefficient (Wildman–Crippen LogP) is 4.09. The van der Waals surface area contributed by atoms with Gasteiger partial charge >= 0.3 is 0 Å². The third kappa shape index (κ3) is 2.93. The zero-order valence-corrected chi connectivity index (χ0v) is 15.9. The fraction of sp³-hybridized carbons (Fsp3) is 0.100. The molecule has 2 heterocycles. The molecule has 4 rings (SSSR count). The number of nitriles is 1. The van der Waals surface area contributed by atoms with Gasteiger partial charge in [0.05, 0.1) is 22.5 Å². The van der Waals surface area contributed by atoms with Crippen LogP contribution in [0.2, 0.25) is 0 Å². The Bertz CT molecular complexity index is 1090. The van der Waals surface area contributed by atoms with Crippen molar-refractivity contribution in [1.82, 2.24) is 9.78 Å². The van der Waals surface area contributed by atoms with Gasteiger partial charge in [-0.1, -0.05) is 28.1 Å². The number of fused-ring (bicyclic) bond motifs is 1. The van der Waals surface area contributed by atoms with Gasteiger partial charge in [-0.3, -0.25) is 5.73 Å². The largest absolute Gasteiger partial charge is 0.453 e. The van der Waals surface area contributed by atoms with Gasteiger partial charge in [0, 0.05) is 10.0 Å². The molecule has 134 valence electrons. The van der Waals surface area contributed by atoms with Crippen molar-refractivity contribution >= 4 is 21.5 Å². The van der Waals surface area contributed by atoms with E-state index in [0.29, 0.717) is 28.3 Å². The summed E-state index contributed by atoms with van der Waals surface area (Å²) in [6, 6.07) is 15.7. The van der Waals surface area contributed by atoms with Gasteiger partial charge in [0.25, 0.3) is 0 Å². The van der Waals surface area contributed by atoms with Crippen LogP contribution in [-0.2, 0) is 0 Å². The normalized spacial score (nSPS) is 15.9. The summed E-state index contributed by atoms with van der Waals surface area (Å²) in [5.41, 5.74) is 9.88. The highest BCUT2D eigenvalue weighted by molar-refractivity contribution is 9.10. The molecule has 0 radical (unpaired) electrons. The van der Waals surface area contributed by atoms with Crippen LogP contribution in [0.25, 0.3) is 11.3 Å². The van der Waals surface area contributed by atoms with E-state index >= 15 is 0 Å². The molecule has 3 aromatic rings. The fourth-order valence-electron chi connectivity index (χ4n) is 3.15. The molecule has 1 unspecified atom stereocenters. The number of halogens is 2. The van der Waals surface area contributed by atoms with E-state index in [0.717, 1.165) is 10.2 Å². The zero-order valence-electron chi connectivity index (χ0n) is 14.3. The minimum atomic E-state index is -0.937. The Balaban J connectivity index is 1.97. The summed E-state index contributed by atoms with van der Waals surface area (Å²) in [7, 11) is 0. The van der Waals surface area contributed by atoms with Crippen molar-refractivity contribution in [3.8, 4) is 17.6 Å². The molecular weight excluding hydrogens is 411 g/mol. The van der Waals surface area contributed by atoms with Crippen LogP contribution in [0.1, 0.15) is 16.8 Å². The standard InChI is InChI=1S/C20H14BrFN4O/c1-11-17-18(12-2-6-14(22)7-3-12)16(10-23)19(24)27-20(17)26(25-11)15-8-4-13(21)5-9-15/h2-9,19H,24H2,1H3. The summed E-state index contributed by atoms with van der Waals surface area (Å²) in [4.78, 5) is 0. The van der Waals surface area contributed by atoms with Crippen LogP contribution in [0, 0.1) is 24.1 Å². The molecule has 0 aliphatic carbocycles. The van der Waals surface area contributed by atoms with Crippen molar-refractivity contribution in [3.63, 3.8) is 0 Å². The molecule has 0 fully saturated rings. The summed E-state index contributed by atoms with van der Waals surface area (Å²) < 4.78 is 21.9. The number of nitrogens with zero attached hydrogens (tertiary/aromatic N) is 3. The summed E-state index contributed by atoms with van der Waals surface area (Å²) in [5, 5.41) is 14.2. The first kappa shape index (κ1) is 17.5. The molecular formula is C20H14BrFN4O. The van der Waals surface area contributed by atoms with Crippen molar-refractivity contribution in [3.05, 3.63) is 81.2 Å². The van der Waals surface area contributed by atoms with Gasteiger partial charge in [-0.05, 0) is 48.9 Å². The molecule has 0 saturated heterocycles. The van der Waals surface area contributed by atoms with Crippen LogP contribution in [0.5, 0.6) is 5.88 Å². The Hall–Kier alpha value is -2.95. The molecule has 1 atom stereocenters. The molecule has 1 aliphatic rings. The molecule has 0 spiro atoms. The highest BCUT2D eigenvalue weighted by Gasteiger charge is 2.33. The third-order valence-corrected chi connectivity index (χ3v) is 4.91. The first-order valence-electron chi connectivity index (χ1n) is 8.18. The van der Waals surface area contributed by atoms with E-state index in [2.05, 4.69) is 27.1 Å². The molecule has 2 N–H and O–H groups in total.